The highest BCUT2D eigenvalue weighted by atomic mass is 35.5. The van der Waals surface area contributed by atoms with Gasteiger partial charge in [-0.2, -0.15) is 0 Å². The molecule has 1 aromatic carbocycles. The molecule has 2 amide bonds. The Bertz CT molecular complexity index is 750. The Labute approximate surface area is 184 Å². The second-order valence-electron chi connectivity index (χ2n) is 9.01. The zero-order chi connectivity index (χ0) is 20.9. The molecule has 7 heteroatoms. The zero-order valence-electron chi connectivity index (χ0n) is 17.7. The number of benzene rings is 1. The SMILES string of the molecule is O=C(CN1CCN(CC(=O)N2CC[C@H]3CCCC[C@@H]3C2)CC1)Nc1ccccc1Cl. The molecule has 0 unspecified atom stereocenters. The molecule has 3 aliphatic rings. The highest BCUT2D eigenvalue weighted by Gasteiger charge is 2.33. The van der Waals surface area contributed by atoms with Gasteiger partial charge in [0.05, 0.1) is 23.8 Å². The summed E-state index contributed by atoms with van der Waals surface area (Å²) < 4.78 is 0. The lowest BCUT2D eigenvalue weighted by Crippen LogP contribution is -2.53. The van der Waals surface area contributed by atoms with Crippen molar-refractivity contribution in [3.8, 4) is 0 Å². The average molecular weight is 433 g/mol. The van der Waals surface area contributed by atoms with Crippen LogP contribution in [0.5, 0.6) is 0 Å². The number of rotatable bonds is 5. The first-order valence-electron chi connectivity index (χ1n) is 11.4. The van der Waals surface area contributed by atoms with Crippen LogP contribution in [0.1, 0.15) is 32.1 Å². The van der Waals surface area contributed by atoms with Gasteiger partial charge in [-0.25, -0.2) is 0 Å². The second kappa shape index (κ2) is 10.1. The summed E-state index contributed by atoms with van der Waals surface area (Å²) in [7, 11) is 0. The summed E-state index contributed by atoms with van der Waals surface area (Å²) in [6.07, 6.45) is 6.54. The Hall–Kier alpha value is -1.63. The van der Waals surface area contributed by atoms with E-state index in [0.717, 1.165) is 51.1 Å². The topological polar surface area (TPSA) is 55.9 Å². The van der Waals surface area contributed by atoms with E-state index in [2.05, 4.69) is 20.0 Å². The third kappa shape index (κ3) is 5.54. The van der Waals surface area contributed by atoms with Crippen molar-refractivity contribution in [2.75, 3.05) is 57.7 Å². The first kappa shape index (κ1) is 21.6. The van der Waals surface area contributed by atoms with E-state index in [1.54, 1.807) is 12.1 Å². The van der Waals surface area contributed by atoms with Crippen LogP contribution in [0.15, 0.2) is 24.3 Å². The van der Waals surface area contributed by atoms with Crippen LogP contribution in [0, 0.1) is 11.8 Å². The largest absolute Gasteiger partial charge is 0.341 e. The van der Waals surface area contributed by atoms with Crippen LogP contribution in [0.25, 0.3) is 0 Å². The Morgan fingerprint density at radius 2 is 1.57 bits per heavy atom. The molecule has 6 nitrogen and oxygen atoms in total. The van der Waals surface area contributed by atoms with Crippen molar-refractivity contribution in [3.05, 3.63) is 29.3 Å². The molecular weight excluding hydrogens is 400 g/mol. The number of carbonyl (C=O) groups is 2. The average Bonchev–Trinajstić information content (AvgIpc) is 2.76. The summed E-state index contributed by atoms with van der Waals surface area (Å²) in [4.78, 5) is 31.6. The molecule has 0 bridgehead atoms. The number of fused-ring (bicyclic) bond motifs is 1. The van der Waals surface area contributed by atoms with E-state index in [0.29, 0.717) is 23.8 Å². The number of anilines is 1. The number of carbonyl (C=O) groups excluding carboxylic acids is 2. The molecule has 1 aromatic rings. The van der Waals surface area contributed by atoms with E-state index in [9.17, 15) is 9.59 Å². The zero-order valence-corrected chi connectivity index (χ0v) is 18.4. The highest BCUT2D eigenvalue weighted by Crippen LogP contribution is 2.36. The molecule has 0 aromatic heterocycles. The van der Waals surface area contributed by atoms with Gasteiger partial charge in [0, 0.05) is 39.3 Å². The van der Waals surface area contributed by atoms with Gasteiger partial charge in [0.15, 0.2) is 0 Å². The highest BCUT2D eigenvalue weighted by molar-refractivity contribution is 6.33. The van der Waals surface area contributed by atoms with Gasteiger partial charge in [0.25, 0.3) is 0 Å². The Kier molecular flexibility index (Phi) is 7.28. The van der Waals surface area contributed by atoms with Crippen LogP contribution in [0.3, 0.4) is 0 Å². The van der Waals surface area contributed by atoms with Gasteiger partial charge in [-0.1, -0.05) is 43.0 Å². The first-order valence-corrected chi connectivity index (χ1v) is 11.7. The number of nitrogens with zero attached hydrogens (tertiary/aromatic N) is 3. The molecule has 30 heavy (non-hydrogen) atoms. The van der Waals surface area contributed by atoms with Crippen LogP contribution in [0.2, 0.25) is 5.02 Å². The molecule has 2 heterocycles. The predicted molar refractivity (Wildman–Crippen MR) is 120 cm³/mol. The van der Waals surface area contributed by atoms with E-state index in [4.69, 9.17) is 11.6 Å². The molecule has 2 aliphatic heterocycles. The second-order valence-corrected chi connectivity index (χ2v) is 9.42. The van der Waals surface area contributed by atoms with Crippen LogP contribution >= 0.6 is 11.6 Å². The number of hydrogen-bond donors (Lipinski definition) is 1. The molecule has 0 radical (unpaired) electrons. The third-order valence-electron chi connectivity index (χ3n) is 6.98. The van der Waals surface area contributed by atoms with Gasteiger partial charge in [-0.15, -0.1) is 0 Å². The van der Waals surface area contributed by atoms with Crippen molar-refractivity contribution >= 4 is 29.1 Å². The monoisotopic (exact) mass is 432 g/mol. The summed E-state index contributed by atoms with van der Waals surface area (Å²) >= 11 is 6.11. The summed E-state index contributed by atoms with van der Waals surface area (Å²) in [6.45, 7) is 6.00. The molecule has 2 saturated heterocycles. The van der Waals surface area contributed by atoms with E-state index >= 15 is 0 Å². The molecule has 1 saturated carbocycles. The predicted octanol–water partition coefficient (Wildman–Crippen LogP) is 2.93. The summed E-state index contributed by atoms with van der Waals surface area (Å²) in [6, 6.07) is 7.27. The minimum atomic E-state index is -0.0528. The van der Waals surface area contributed by atoms with Crippen LogP contribution < -0.4 is 5.32 Å². The van der Waals surface area contributed by atoms with Gasteiger partial charge in [0.1, 0.15) is 0 Å². The molecule has 1 aliphatic carbocycles. The smallest absolute Gasteiger partial charge is 0.238 e. The van der Waals surface area contributed by atoms with Crippen molar-refractivity contribution in [1.82, 2.24) is 14.7 Å². The minimum absolute atomic E-state index is 0.0528. The Morgan fingerprint density at radius 1 is 0.900 bits per heavy atom. The lowest BCUT2D eigenvalue weighted by Gasteiger charge is -2.42. The fraction of sp³-hybridized carbons (Fsp3) is 0.652. The van der Waals surface area contributed by atoms with Gasteiger partial charge in [-0.3, -0.25) is 19.4 Å². The first-order chi connectivity index (χ1) is 14.6. The molecule has 1 N–H and O–H groups in total. The number of amides is 2. The summed E-state index contributed by atoms with van der Waals surface area (Å²) in [5.74, 6) is 1.81. The maximum absolute atomic E-state index is 12.8. The molecule has 2 atom stereocenters. The fourth-order valence-electron chi connectivity index (χ4n) is 5.18. The lowest BCUT2D eigenvalue weighted by molar-refractivity contribution is -0.136. The van der Waals surface area contributed by atoms with Gasteiger partial charge < -0.3 is 10.2 Å². The number of piperidine rings is 1. The molecular formula is C23H33ClN4O2. The quantitative estimate of drug-likeness (QED) is 0.777. The number of hydrogen-bond acceptors (Lipinski definition) is 4. The number of para-hydroxylation sites is 1. The van der Waals surface area contributed by atoms with Crippen LogP contribution in [-0.4, -0.2) is 78.9 Å². The summed E-state index contributed by atoms with van der Waals surface area (Å²) in [5, 5.41) is 3.43. The van der Waals surface area contributed by atoms with E-state index in [1.807, 2.05) is 12.1 Å². The number of nitrogens with one attached hydrogen (secondary N) is 1. The maximum atomic E-state index is 12.8. The number of piperazine rings is 1. The van der Waals surface area contributed by atoms with Crippen LogP contribution in [0.4, 0.5) is 5.69 Å². The minimum Gasteiger partial charge on any atom is -0.341 e. The number of likely N-dealkylation sites (tertiary alicyclic amines) is 1. The Balaban J connectivity index is 1.18. The van der Waals surface area contributed by atoms with Crippen molar-refractivity contribution in [3.63, 3.8) is 0 Å². The fourth-order valence-corrected chi connectivity index (χ4v) is 5.36. The van der Waals surface area contributed by atoms with E-state index in [-0.39, 0.29) is 11.8 Å². The van der Waals surface area contributed by atoms with E-state index < -0.39 is 0 Å². The summed E-state index contributed by atoms with van der Waals surface area (Å²) in [5.41, 5.74) is 0.648. The standard InChI is InChI=1S/C23H33ClN4O2/c24-20-7-3-4-8-21(20)25-22(29)16-26-11-13-27(14-12-26)17-23(30)28-10-9-18-5-1-2-6-19(18)15-28/h3-4,7-8,18-19H,1-2,5-6,9-17H2,(H,25,29)/t18-,19-/m1/s1. The maximum Gasteiger partial charge on any atom is 0.238 e. The van der Waals surface area contributed by atoms with Gasteiger partial charge >= 0.3 is 0 Å². The van der Waals surface area contributed by atoms with E-state index in [1.165, 1.54) is 32.1 Å². The molecule has 4 rings (SSSR count). The van der Waals surface area contributed by atoms with Gasteiger partial charge in [0.2, 0.25) is 11.8 Å². The van der Waals surface area contributed by atoms with Crippen molar-refractivity contribution in [2.24, 2.45) is 11.8 Å². The van der Waals surface area contributed by atoms with Crippen molar-refractivity contribution < 1.29 is 9.59 Å². The van der Waals surface area contributed by atoms with Gasteiger partial charge in [-0.05, 0) is 36.8 Å². The third-order valence-corrected chi connectivity index (χ3v) is 7.31. The molecule has 3 fully saturated rings. The van der Waals surface area contributed by atoms with Crippen LogP contribution in [-0.2, 0) is 9.59 Å². The molecule has 164 valence electrons. The van der Waals surface area contributed by atoms with Crippen molar-refractivity contribution in [2.45, 2.75) is 32.1 Å². The lowest BCUT2D eigenvalue weighted by atomic mass is 9.75. The normalized spacial score (nSPS) is 25.6. The van der Waals surface area contributed by atoms with Crippen molar-refractivity contribution in [1.29, 1.82) is 0 Å². The Morgan fingerprint density at radius 3 is 2.30 bits per heavy atom. The number of halogens is 1. The molecule has 0 spiro atoms.